The van der Waals surface area contributed by atoms with Crippen LogP contribution in [0.15, 0.2) is 48.7 Å². The molecule has 1 aliphatic heterocycles. The lowest BCUT2D eigenvalue weighted by Crippen LogP contribution is -2.27. The van der Waals surface area contributed by atoms with Gasteiger partial charge in [0.25, 0.3) is 5.91 Å². The Bertz CT molecular complexity index is 962. The number of benzene rings is 1. The zero-order valence-corrected chi connectivity index (χ0v) is 16.7. The monoisotopic (exact) mass is 391 g/mol. The van der Waals surface area contributed by atoms with Crippen LogP contribution in [0, 0.1) is 0 Å². The highest BCUT2D eigenvalue weighted by molar-refractivity contribution is 6.03. The number of carbonyl (C=O) groups is 1. The molecule has 0 spiro atoms. The summed E-state index contributed by atoms with van der Waals surface area (Å²) in [5, 5.41) is 10.7. The summed E-state index contributed by atoms with van der Waals surface area (Å²) in [6.45, 7) is 1.94. The van der Waals surface area contributed by atoms with Crippen molar-refractivity contribution >= 4 is 23.4 Å². The quantitative estimate of drug-likeness (QED) is 0.695. The van der Waals surface area contributed by atoms with E-state index < -0.39 is 0 Å². The normalized spacial score (nSPS) is 14.6. The number of pyridine rings is 1. The minimum Gasteiger partial charge on any atom is -0.329 e. The van der Waals surface area contributed by atoms with E-state index in [0.29, 0.717) is 17.4 Å². The van der Waals surface area contributed by atoms with Crippen molar-refractivity contribution in [1.29, 1.82) is 0 Å². The van der Waals surface area contributed by atoms with Gasteiger partial charge < -0.3 is 10.2 Å². The van der Waals surface area contributed by atoms with Crippen LogP contribution in [0.5, 0.6) is 0 Å². The molecule has 1 aromatic carbocycles. The topological polar surface area (TPSA) is 88.0 Å². The van der Waals surface area contributed by atoms with E-state index in [1.165, 1.54) is 0 Å². The first-order valence-electron chi connectivity index (χ1n) is 9.79. The van der Waals surface area contributed by atoms with Crippen molar-refractivity contribution in [2.24, 2.45) is 7.05 Å². The SMILES string of the molecule is CN(c1ccccc1)c1ccc(C(=O)Nc2nc(C3CCNCC3)nn2C)cn1. The molecule has 1 fully saturated rings. The molecule has 0 unspecified atom stereocenters. The molecule has 1 saturated heterocycles. The molecule has 0 radical (unpaired) electrons. The summed E-state index contributed by atoms with van der Waals surface area (Å²) in [7, 11) is 3.74. The predicted molar refractivity (Wildman–Crippen MR) is 113 cm³/mol. The zero-order valence-electron chi connectivity index (χ0n) is 16.7. The first kappa shape index (κ1) is 19.1. The number of anilines is 3. The third-order valence-corrected chi connectivity index (χ3v) is 5.21. The molecule has 1 amide bonds. The first-order chi connectivity index (χ1) is 14.1. The maximum atomic E-state index is 12.6. The van der Waals surface area contributed by atoms with Crippen LogP contribution in [0.25, 0.3) is 0 Å². The van der Waals surface area contributed by atoms with Gasteiger partial charge in [-0.2, -0.15) is 10.1 Å². The molecule has 0 atom stereocenters. The summed E-state index contributed by atoms with van der Waals surface area (Å²) in [5.74, 6) is 2.09. The number of piperidine rings is 1. The predicted octanol–water partition coefficient (Wildman–Crippen LogP) is 2.70. The van der Waals surface area contributed by atoms with E-state index in [1.807, 2.05) is 48.3 Å². The molecule has 4 rings (SSSR count). The largest absolute Gasteiger partial charge is 0.329 e. The minimum absolute atomic E-state index is 0.251. The maximum Gasteiger partial charge on any atom is 0.259 e. The van der Waals surface area contributed by atoms with Crippen LogP contribution in [0.2, 0.25) is 0 Å². The molecule has 2 aromatic heterocycles. The number of hydrogen-bond donors (Lipinski definition) is 2. The van der Waals surface area contributed by atoms with Crippen molar-refractivity contribution in [3.8, 4) is 0 Å². The van der Waals surface area contributed by atoms with Gasteiger partial charge >= 0.3 is 0 Å². The van der Waals surface area contributed by atoms with Crippen LogP contribution in [0.3, 0.4) is 0 Å². The van der Waals surface area contributed by atoms with E-state index in [1.54, 1.807) is 24.0 Å². The Hall–Kier alpha value is -3.26. The molecule has 150 valence electrons. The Kier molecular flexibility index (Phi) is 5.53. The molecule has 0 aliphatic carbocycles. The highest BCUT2D eigenvalue weighted by atomic mass is 16.1. The van der Waals surface area contributed by atoms with Crippen LogP contribution >= 0.6 is 0 Å². The Morgan fingerprint density at radius 2 is 1.93 bits per heavy atom. The van der Waals surface area contributed by atoms with Gasteiger partial charge in [-0.05, 0) is 50.2 Å². The molecular formula is C21H25N7O. The second kappa shape index (κ2) is 8.40. The van der Waals surface area contributed by atoms with E-state index >= 15 is 0 Å². The number of aryl methyl sites for hydroxylation is 1. The third kappa shape index (κ3) is 4.27. The number of amides is 1. The molecule has 2 N–H and O–H groups in total. The molecular weight excluding hydrogens is 366 g/mol. The lowest BCUT2D eigenvalue weighted by Gasteiger charge is -2.19. The number of rotatable bonds is 5. The van der Waals surface area contributed by atoms with E-state index in [2.05, 4.69) is 25.7 Å². The van der Waals surface area contributed by atoms with Crippen molar-refractivity contribution < 1.29 is 4.79 Å². The standard InChI is InChI=1S/C21H25N7O/c1-27(17-6-4-3-5-7-17)18-9-8-16(14-23-18)20(29)25-21-24-19(26-28(21)2)15-10-12-22-13-11-15/h3-9,14-15,22H,10-13H2,1-2H3,(H,24,25,26,29). The van der Waals surface area contributed by atoms with Gasteiger partial charge in [-0.3, -0.25) is 10.1 Å². The molecule has 3 aromatic rings. The van der Waals surface area contributed by atoms with Crippen molar-refractivity contribution in [3.63, 3.8) is 0 Å². The molecule has 8 heteroatoms. The van der Waals surface area contributed by atoms with Gasteiger partial charge in [-0.15, -0.1) is 0 Å². The summed E-state index contributed by atoms with van der Waals surface area (Å²) >= 11 is 0. The molecule has 3 heterocycles. The summed E-state index contributed by atoms with van der Waals surface area (Å²) in [6.07, 6.45) is 3.60. The zero-order chi connectivity index (χ0) is 20.2. The maximum absolute atomic E-state index is 12.6. The molecule has 29 heavy (non-hydrogen) atoms. The number of para-hydroxylation sites is 1. The summed E-state index contributed by atoms with van der Waals surface area (Å²) in [4.78, 5) is 23.6. The summed E-state index contributed by atoms with van der Waals surface area (Å²) in [5.41, 5.74) is 1.50. The van der Waals surface area contributed by atoms with E-state index in [9.17, 15) is 4.79 Å². The number of hydrogen-bond acceptors (Lipinski definition) is 6. The van der Waals surface area contributed by atoms with E-state index in [0.717, 1.165) is 43.3 Å². The van der Waals surface area contributed by atoms with E-state index in [-0.39, 0.29) is 5.91 Å². The number of carbonyl (C=O) groups excluding carboxylic acids is 1. The van der Waals surface area contributed by atoms with Crippen LogP contribution < -0.4 is 15.5 Å². The number of aromatic nitrogens is 4. The summed E-state index contributed by atoms with van der Waals surface area (Å²) < 4.78 is 1.63. The lowest BCUT2D eigenvalue weighted by molar-refractivity contribution is 0.102. The highest BCUT2D eigenvalue weighted by Crippen LogP contribution is 2.24. The van der Waals surface area contributed by atoms with Crippen LogP contribution in [0.1, 0.15) is 34.9 Å². The van der Waals surface area contributed by atoms with Crippen molar-refractivity contribution in [1.82, 2.24) is 25.1 Å². The second-order valence-electron chi connectivity index (χ2n) is 7.20. The van der Waals surface area contributed by atoms with Gasteiger partial charge in [0.2, 0.25) is 5.95 Å². The summed E-state index contributed by atoms with van der Waals surface area (Å²) in [6, 6.07) is 13.5. The average molecular weight is 391 g/mol. The average Bonchev–Trinajstić information content (AvgIpc) is 3.14. The Labute approximate surface area is 170 Å². The van der Waals surface area contributed by atoms with Crippen LogP contribution in [-0.4, -0.2) is 45.8 Å². The van der Waals surface area contributed by atoms with Gasteiger partial charge in [-0.1, -0.05) is 18.2 Å². The van der Waals surface area contributed by atoms with Crippen LogP contribution in [-0.2, 0) is 7.05 Å². The van der Waals surface area contributed by atoms with Crippen molar-refractivity contribution in [2.75, 3.05) is 30.4 Å². The smallest absolute Gasteiger partial charge is 0.259 e. The Morgan fingerprint density at radius 1 is 1.17 bits per heavy atom. The molecule has 8 nitrogen and oxygen atoms in total. The Morgan fingerprint density at radius 3 is 2.62 bits per heavy atom. The highest BCUT2D eigenvalue weighted by Gasteiger charge is 2.21. The first-order valence-corrected chi connectivity index (χ1v) is 9.79. The fourth-order valence-electron chi connectivity index (χ4n) is 3.44. The lowest BCUT2D eigenvalue weighted by atomic mass is 9.98. The fourth-order valence-corrected chi connectivity index (χ4v) is 3.44. The molecule has 0 saturated carbocycles. The van der Waals surface area contributed by atoms with Crippen molar-refractivity contribution in [2.45, 2.75) is 18.8 Å². The van der Waals surface area contributed by atoms with Gasteiger partial charge in [0.05, 0.1) is 5.56 Å². The minimum atomic E-state index is -0.251. The Balaban J connectivity index is 1.44. The molecule has 0 bridgehead atoms. The van der Waals surface area contributed by atoms with E-state index in [4.69, 9.17) is 0 Å². The van der Waals surface area contributed by atoms with Crippen molar-refractivity contribution in [3.05, 3.63) is 60.0 Å². The van der Waals surface area contributed by atoms with Gasteiger partial charge in [0.1, 0.15) is 5.82 Å². The fraction of sp³-hybridized carbons (Fsp3) is 0.333. The third-order valence-electron chi connectivity index (χ3n) is 5.21. The number of nitrogens with one attached hydrogen (secondary N) is 2. The van der Waals surface area contributed by atoms with Gasteiger partial charge in [0, 0.05) is 31.9 Å². The van der Waals surface area contributed by atoms with Crippen LogP contribution in [0.4, 0.5) is 17.5 Å². The molecule has 1 aliphatic rings. The number of nitrogens with zero attached hydrogens (tertiary/aromatic N) is 5. The second-order valence-corrected chi connectivity index (χ2v) is 7.20. The van der Waals surface area contributed by atoms with Gasteiger partial charge in [0.15, 0.2) is 5.82 Å². The van der Waals surface area contributed by atoms with Gasteiger partial charge in [-0.25, -0.2) is 9.67 Å².